The Morgan fingerprint density at radius 2 is 1.95 bits per heavy atom. The monoisotopic (exact) mass is 306 g/mol. The van der Waals surface area contributed by atoms with Gasteiger partial charge < -0.3 is 20.5 Å². The molecule has 2 amide bonds. The number of carboxylic acid groups (broad SMARTS) is 1. The van der Waals surface area contributed by atoms with Gasteiger partial charge in [0.25, 0.3) is 0 Å². The van der Waals surface area contributed by atoms with Crippen LogP contribution >= 0.6 is 0 Å². The van der Waals surface area contributed by atoms with Gasteiger partial charge in [-0.15, -0.1) is 6.58 Å². The molecule has 0 spiro atoms. The fourth-order valence-electron chi connectivity index (χ4n) is 1.56. The first-order valence-corrected chi connectivity index (χ1v) is 6.60. The number of benzene rings is 1. The molecule has 0 bridgehead atoms. The van der Waals surface area contributed by atoms with Crippen molar-refractivity contribution in [3.8, 4) is 0 Å². The van der Waals surface area contributed by atoms with Crippen molar-refractivity contribution in [1.82, 2.24) is 10.6 Å². The summed E-state index contributed by atoms with van der Waals surface area (Å²) in [4.78, 5) is 33.8. The Hall–Kier alpha value is -2.83. The zero-order valence-corrected chi connectivity index (χ0v) is 12.0. The molecule has 0 aliphatic heterocycles. The predicted molar refractivity (Wildman–Crippen MR) is 79.0 cm³/mol. The number of amides is 2. The van der Waals surface area contributed by atoms with Gasteiger partial charge in [0.1, 0.15) is 19.2 Å². The van der Waals surface area contributed by atoms with Crippen LogP contribution in [0.3, 0.4) is 0 Å². The maximum atomic E-state index is 11.5. The van der Waals surface area contributed by atoms with E-state index in [9.17, 15) is 14.4 Å². The van der Waals surface area contributed by atoms with Crippen molar-refractivity contribution < 1.29 is 24.2 Å². The van der Waals surface area contributed by atoms with Gasteiger partial charge in [-0.05, 0) is 12.0 Å². The van der Waals surface area contributed by atoms with Crippen LogP contribution in [0.25, 0.3) is 0 Å². The summed E-state index contributed by atoms with van der Waals surface area (Å²) in [6, 6.07) is 8.01. The van der Waals surface area contributed by atoms with E-state index in [1.54, 1.807) is 12.1 Å². The van der Waals surface area contributed by atoms with Crippen LogP contribution < -0.4 is 10.6 Å². The summed E-state index contributed by atoms with van der Waals surface area (Å²) in [6.07, 6.45) is 0.731. The average Bonchev–Trinajstić information content (AvgIpc) is 2.51. The fraction of sp³-hybridized carbons (Fsp3) is 0.267. The Morgan fingerprint density at radius 1 is 1.27 bits per heavy atom. The molecule has 0 aliphatic carbocycles. The Balaban J connectivity index is 2.29. The molecular formula is C15H18N2O5. The molecule has 22 heavy (non-hydrogen) atoms. The third kappa shape index (κ3) is 6.56. The number of alkyl carbamates (subject to hydrolysis) is 1. The van der Waals surface area contributed by atoms with Crippen molar-refractivity contribution >= 4 is 18.0 Å². The van der Waals surface area contributed by atoms with Gasteiger partial charge in [0.05, 0.1) is 0 Å². The van der Waals surface area contributed by atoms with Gasteiger partial charge in [-0.1, -0.05) is 36.4 Å². The molecule has 0 unspecified atom stereocenters. The zero-order valence-electron chi connectivity index (χ0n) is 12.0. The summed E-state index contributed by atoms with van der Waals surface area (Å²) in [6.45, 7) is 3.13. The van der Waals surface area contributed by atoms with E-state index in [-0.39, 0.29) is 19.6 Å². The van der Waals surface area contributed by atoms with Crippen molar-refractivity contribution in [2.45, 2.75) is 19.1 Å². The smallest absolute Gasteiger partial charge is 0.407 e. The van der Waals surface area contributed by atoms with E-state index in [0.29, 0.717) is 0 Å². The van der Waals surface area contributed by atoms with Gasteiger partial charge >= 0.3 is 12.1 Å². The van der Waals surface area contributed by atoms with E-state index >= 15 is 0 Å². The highest BCUT2D eigenvalue weighted by Crippen LogP contribution is 2.00. The summed E-state index contributed by atoms with van der Waals surface area (Å²) < 4.78 is 4.92. The molecule has 118 valence electrons. The number of carbonyl (C=O) groups excluding carboxylic acids is 2. The Labute approximate surface area is 128 Å². The van der Waals surface area contributed by atoms with Crippen molar-refractivity contribution in [3.63, 3.8) is 0 Å². The summed E-state index contributed by atoms with van der Waals surface area (Å²) in [7, 11) is 0. The minimum absolute atomic E-state index is 0.0858. The molecule has 1 atom stereocenters. The summed E-state index contributed by atoms with van der Waals surface area (Å²) in [5.41, 5.74) is 0.819. The van der Waals surface area contributed by atoms with E-state index in [4.69, 9.17) is 9.84 Å². The van der Waals surface area contributed by atoms with Crippen LogP contribution in [0.2, 0.25) is 0 Å². The third-order valence-electron chi connectivity index (χ3n) is 2.64. The van der Waals surface area contributed by atoms with Crippen molar-refractivity contribution in [1.29, 1.82) is 0 Å². The SMILES string of the molecule is C=CC[C@H](NC(=O)CNC(=O)OCc1ccccc1)C(=O)O. The fourth-order valence-corrected chi connectivity index (χ4v) is 1.56. The number of carboxylic acids is 1. The van der Waals surface area contributed by atoms with Gasteiger partial charge in [0, 0.05) is 0 Å². The van der Waals surface area contributed by atoms with Crippen molar-refractivity contribution in [2.24, 2.45) is 0 Å². The van der Waals surface area contributed by atoms with Gasteiger partial charge in [-0.2, -0.15) is 0 Å². The molecule has 7 heteroatoms. The standard InChI is InChI=1S/C15H18N2O5/c1-2-6-12(14(19)20)17-13(18)9-16-15(21)22-10-11-7-4-3-5-8-11/h2-5,7-8,12H,1,6,9-10H2,(H,16,21)(H,17,18)(H,19,20)/t12-/m0/s1. The van der Waals surface area contributed by atoms with E-state index < -0.39 is 24.0 Å². The highest BCUT2D eigenvalue weighted by Gasteiger charge is 2.18. The number of carbonyl (C=O) groups is 3. The Bertz CT molecular complexity index is 530. The number of ether oxygens (including phenoxy) is 1. The molecule has 0 saturated heterocycles. The lowest BCUT2D eigenvalue weighted by atomic mass is 10.2. The van der Waals surface area contributed by atoms with Gasteiger partial charge in [-0.3, -0.25) is 4.79 Å². The van der Waals surface area contributed by atoms with Crippen LogP contribution in [0.1, 0.15) is 12.0 Å². The molecule has 1 aromatic rings. The number of hydrogen-bond acceptors (Lipinski definition) is 4. The minimum atomic E-state index is -1.17. The molecule has 0 fully saturated rings. The molecule has 0 radical (unpaired) electrons. The lowest BCUT2D eigenvalue weighted by Crippen LogP contribution is -2.45. The van der Waals surface area contributed by atoms with Crippen LogP contribution in [-0.4, -0.2) is 35.7 Å². The molecular weight excluding hydrogens is 288 g/mol. The largest absolute Gasteiger partial charge is 0.480 e. The lowest BCUT2D eigenvalue weighted by Gasteiger charge is -2.13. The Morgan fingerprint density at radius 3 is 2.55 bits per heavy atom. The predicted octanol–water partition coefficient (Wildman–Crippen LogP) is 1.06. The molecule has 0 aromatic heterocycles. The topological polar surface area (TPSA) is 105 Å². The molecule has 1 rings (SSSR count). The molecule has 0 heterocycles. The quantitative estimate of drug-likeness (QED) is 0.623. The number of rotatable bonds is 8. The molecule has 3 N–H and O–H groups in total. The molecule has 0 aliphatic rings. The number of aliphatic carboxylic acids is 1. The van der Waals surface area contributed by atoms with Crippen LogP contribution in [0.15, 0.2) is 43.0 Å². The lowest BCUT2D eigenvalue weighted by molar-refractivity contribution is -0.141. The van der Waals surface area contributed by atoms with Crippen LogP contribution in [0, 0.1) is 0 Å². The van der Waals surface area contributed by atoms with Gasteiger partial charge in [-0.25, -0.2) is 9.59 Å². The number of hydrogen-bond donors (Lipinski definition) is 3. The van der Waals surface area contributed by atoms with E-state index in [0.717, 1.165) is 5.56 Å². The first-order valence-electron chi connectivity index (χ1n) is 6.60. The van der Waals surface area contributed by atoms with Crippen molar-refractivity contribution in [2.75, 3.05) is 6.54 Å². The molecule has 0 saturated carbocycles. The summed E-state index contributed by atoms with van der Waals surface area (Å²) in [5.74, 6) is -1.79. The van der Waals surface area contributed by atoms with Crippen LogP contribution in [0.5, 0.6) is 0 Å². The maximum absolute atomic E-state index is 11.5. The van der Waals surface area contributed by atoms with E-state index in [1.165, 1.54) is 6.08 Å². The van der Waals surface area contributed by atoms with Gasteiger partial charge in [0.2, 0.25) is 5.91 Å². The van der Waals surface area contributed by atoms with Crippen LogP contribution in [-0.2, 0) is 20.9 Å². The highest BCUT2D eigenvalue weighted by atomic mass is 16.5. The second-order valence-corrected chi connectivity index (χ2v) is 4.40. The minimum Gasteiger partial charge on any atom is -0.480 e. The molecule has 7 nitrogen and oxygen atoms in total. The first-order chi connectivity index (χ1) is 10.5. The normalized spacial score (nSPS) is 11.1. The second kappa shape index (κ2) is 9.17. The highest BCUT2D eigenvalue weighted by molar-refractivity contribution is 5.86. The van der Waals surface area contributed by atoms with Crippen molar-refractivity contribution in [3.05, 3.63) is 48.6 Å². The number of nitrogens with one attached hydrogen (secondary N) is 2. The third-order valence-corrected chi connectivity index (χ3v) is 2.64. The van der Waals surface area contributed by atoms with Crippen LogP contribution in [0.4, 0.5) is 4.79 Å². The summed E-state index contributed by atoms with van der Waals surface area (Å²) >= 11 is 0. The average molecular weight is 306 g/mol. The maximum Gasteiger partial charge on any atom is 0.407 e. The first kappa shape index (κ1) is 17.2. The summed E-state index contributed by atoms with van der Waals surface area (Å²) in [5, 5.41) is 13.4. The molecule has 1 aromatic carbocycles. The van der Waals surface area contributed by atoms with E-state index in [1.807, 2.05) is 18.2 Å². The second-order valence-electron chi connectivity index (χ2n) is 4.40. The van der Waals surface area contributed by atoms with E-state index in [2.05, 4.69) is 17.2 Å². The zero-order chi connectivity index (χ0) is 16.4. The Kier molecular flexibility index (Phi) is 7.18. The van der Waals surface area contributed by atoms with Gasteiger partial charge in [0.15, 0.2) is 0 Å².